The van der Waals surface area contributed by atoms with Crippen LogP contribution in [0.4, 0.5) is 0 Å². The first-order valence-electron chi connectivity index (χ1n) is 8.00. The summed E-state index contributed by atoms with van der Waals surface area (Å²) in [5.41, 5.74) is 1.29. The number of benzene rings is 1. The lowest BCUT2D eigenvalue weighted by Crippen LogP contribution is -2.47. The minimum Gasteiger partial charge on any atom is -0.378 e. The molecule has 0 radical (unpaired) electrons. The third-order valence-corrected chi connectivity index (χ3v) is 4.96. The van der Waals surface area contributed by atoms with Crippen LogP contribution in [-0.4, -0.2) is 41.0 Å². The summed E-state index contributed by atoms with van der Waals surface area (Å²) < 4.78 is 0. The van der Waals surface area contributed by atoms with Crippen molar-refractivity contribution < 1.29 is 14.7 Å². The SMILES string of the molecule is O=C(NC1CCN(C(=O)C(O)c2ccccc2)CC1)c1ccsc1. The Hall–Kier alpha value is -2.18. The van der Waals surface area contributed by atoms with Crippen LogP contribution in [0.15, 0.2) is 47.2 Å². The number of thiophene rings is 1. The van der Waals surface area contributed by atoms with E-state index in [9.17, 15) is 14.7 Å². The van der Waals surface area contributed by atoms with Gasteiger partial charge in [0.1, 0.15) is 0 Å². The summed E-state index contributed by atoms with van der Waals surface area (Å²) in [5, 5.41) is 16.9. The molecule has 2 N–H and O–H groups in total. The topological polar surface area (TPSA) is 69.6 Å². The van der Waals surface area contributed by atoms with Crippen molar-refractivity contribution in [2.45, 2.75) is 25.0 Å². The summed E-state index contributed by atoms with van der Waals surface area (Å²) in [6.45, 7) is 1.08. The van der Waals surface area contributed by atoms with E-state index < -0.39 is 6.10 Å². The normalized spacial score (nSPS) is 16.6. The molecular formula is C18H20N2O3S. The number of nitrogens with one attached hydrogen (secondary N) is 1. The number of aliphatic hydroxyl groups excluding tert-OH is 1. The minimum absolute atomic E-state index is 0.0645. The zero-order chi connectivity index (χ0) is 16.9. The summed E-state index contributed by atoms with van der Waals surface area (Å²) in [6.07, 6.45) is 0.273. The zero-order valence-electron chi connectivity index (χ0n) is 13.2. The smallest absolute Gasteiger partial charge is 0.256 e. The lowest BCUT2D eigenvalue weighted by Gasteiger charge is -2.33. The molecule has 2 aromatic rings. The Morgan fingerprint density at radius 1 is 1.17 bits per heavy atom. The van der Waals surface area contributed by atoms with Crippen molar-refractivity contribution in [1.29, 1.82) is 0 Å². The quantitative estimate of drug-likeness (QED) is 0.893. The number of amides is 2. The lowest BCUT2D eigenvalue weighted by atomic mass is 10.0. The van der Waals surface area contributed by atoms with E-state index in [1.807, 2.05) is 16.8 Å². The molecule has 2 amide bonds. The van der Waals surface area contributed by atoms with Crippen molar-refractivity contribution in [3.63, 3.8) is 0 Å². The van der Waals surface area contributed by atoms with Crippen molar-refractivity contribution in [2.24, 2.45) is 0 Å². The van der Waals surface area contributed by atoms with Gasteiger partial charge in [0, 0.05) is 30.1 Å². The van der Waals surface area contributed by atoms with E-state index in [4.69, 9.17) is 0 Å². The van der Waals surface area contributed by atoms with Crippen LogP contribution in [0, 0.1) is 0 Å². The van der Waals surface area contributed by atoms with Crippen molar-refractivity contribution in [3.05, 3.63) is 58.3 Å². The second-order valence-electron chi connectivity index (χ2n) is 5.90. The Bertz CT molecular complexity index is 680. The standard InChI is InChI=1S/C18H20N2O3S/c21-16(13-4-2-1-3-5-13)18(23)20-9-6-15(7-10-20)19-17(22)14-8-11-24-12-14/h1-5,8,11-12,15-16,21H,6-7,9-10H2,(H,19,22). The van der Waals surface area contributed by atoms with Gasteiger partial charge in [0.2, 0.25) is 0 Å². The van der Waals surface area contributed by atoms with Crippen LogP contribution < -0.4 is 5.32 Å². The number of aliphatic hydroxyl groups is 1. The minimum atomic E-state index is -1.12. The second-order valence-corrected chi connectivity index (χ2v) is 6.68. The Morgan fingerprint density at radius 2 is 1.88 bits per heavy atom. The molecule has 1 aliphatic rings. The summed E-state index contributed by atoms with van der Waals surface area (Å²) in [5.74, 6) is -0.339. The number of carbonyl (C=O) groups excluding carboxylic acids is 2. The van der Waals surface area contributed by atoms with E-state index in [1.165, 1.54) is 11.3 Å². The molecule has 2 heterocycles. The van der Waals surface area contributed by atoms with Gasteiger partial charge in [-0.05, 0) is 29.9 Å². The first-order valence-corrected chi connectivity index (χ1v) is 8.94. The number of hydrogen-bond acceptors (Lipinski definition) is 4. The Morgan fingerprint density at radius 3 is 2.50 bits per heavy atom. The largest absolute Gasteiger partial charge is 0.378 e. The number of likely N-dealkylation sites (tertiary alicyclic amines) is 1. The Balaban J connectivity index is 1.51. The molecule has 126 valence electrons. The van der Waals surface area contributed by atoms with Gasteiger partial charge in [-0.2, -0.15) is 11.3 Å². The van der Waals surface area contributed by atoms with E-state index in [2.05, 4.69) is 5.32 Å². The fourth-order valence-electron chi connectivity index (χ4n) is 2.86. The first-order chi connectivity index (χ1) is 11.6. The van der Waals surface area contributed by atoms with Gasteiger partial charge in [-0.25, -0.2) is 0 Å². The Labute approximate surface area is 144 Å². The van der Waals surface area contributed by atoms with Crippen LogP contribution in [0.3, 0.4) is 0 Å². The molecule has 5 nitrogen and oxygen atoms in total. The fourth-order valence-corrected chi connectivity index (χ4v) is 3.49. The van der Waals surface area contributed by atoms with Crippen molar-refractivity contribution in [3.8, 4) is 0 Å². The average Bonchev–Trinajstić information content (AvgIpc) is 3.17. The highest BCUT2D eigenvalue weighted by Gasteiger charge is 2.28. The highest BCUT2D eigenvalue weighted by Crippen LogP contribution is 2.19. The molecule has 1 aromatic carbocycles. The van der Waals surface area contributed by atoms with Crippen molar-refractivity contribution >= 4 is 23.2 Å². The van der Waals surface area contributed by atoms with Crippen molar-refractivity contribution in [1.82, 2.24) is 10.2 Å². The van der Waals surface area contributed by atoms with Gasteiger partial charge in [-0.3, -0.25) is 9.59 Å². The molecule has 1 aliphatic heterocycles. The first kappa shape index (κ1) is 16.7. The van der Waals surface area contributed by atoms with Crippen LogP contribution in [0.1, 0.15) is 34.9 Å². The number of nitrogens with zero attached hydrogens (tertiary/aromatic N) is 1. The molecule has 3 rings (SSSR count). The molecule has 0 bridgehead atoms. The highest BCUT2D eigenvalue weighted by molar-refractivity contribution is 7.08. The lowest BCUT2D eigenvalue weighted by molar-refractivity contribution is -0.141. The Kier molecular flexibility index (Phi) is 5.27. The fraction of sp³-hybridized carbons (Fsp3) is 0.333. The van der Waals surface area contributed by atoms with Gasteiger partial charge in [0.05, 0.1) is 0 Å². The van der Waals surface area contributed by atoms with Crippen LogP contribution >= 0.6 is 11.3 Å². The zero-order valence-corrected chi connectivity index (χ0v) is 14.0. The van der Waals surface area contributed by atoms with Gasteiger partial charge in [0.25, 0.3) is 11.8 Å². The highest BCUT2D eigenvalue weighted by atomic mass is 32.1. The molecule has 6 heteroatoms. The average molecular weight is 344 g/mol. The predicted octanol–water partition coefficient (Wildman–Crippen LogP) is 2.20. The van der Waals surface area contributed by atoms with Gasteiger partial charge >= 0.3 is 0 Å². The van der Waals surface area contributed by atoms with Crippen LogP contribution in [-0.2, 0) is 4.79 Å². The molecule has 1 unspecified atom stereocenters. The molecule has 1 fully saturated rings. The van der Waals surface area contributed by atoms with Crippen LogP contribution in [0.5, 0.6) is 0 Å². The summed E-state index contributed by atoms with van der Waals surface area (Å²) >= 11 is 1.49. The molecule has 0 aliphatic carbocycles. The second kappa shape index (κ2) is 7.59. The van der Waals surface area contributed by atoms with Crippen molar-refractivity contribution in [2.75, 3.05) is 13.1 Å². The maximum atomic E-state index is 12.4. The molecular weight excluding hydrogens is 324 g/mol. The van der Waals surface area contributed by atoms with E-state index in [0.717, 1.165) is 0 Å². The molecule has 24 heavy (non-hydrogen) atoms. The third-order valence-electron chi connectivity index (χ3n) is 4.27. The molecule has 1 saturated heterocycles. The number of hydrogen-bond donors (Lipinski definition) is 2. The summed E-state index contributed by atoms with van der Waals surface area (Å²) in [7, 11) is 0. The summed E-state index contributed by atoms with van der Waals surface area (Å²) in [4.78, 5) is 26.1. The van der Waals surface area contributed by atoms with Gasteiger partial charge in [0.15, 0.2) is 6.10 Å². The van der Waals surface area contributed by atoms with E-state index in [0.29, 0.717) is 37.1 Å². The van der Waals surface area contributed by atoms with Gasteiger partial charge < -0.3 is 15.3 Å². The van der Waals surface area contributed by atoms with Crippen LogP contribution in [0.2, 0.25) is 0 Å². The molecule has 1 aromatic heterocycles. The molecule has 1 atom stereocenters. The van der Waals surface area contributed by atoms with Gasteiger partial charge in [-0.1, -0.05) is 30.3 Å². The van der Waals surface area contributed by atoms with Crippen LogP contribution in [0.25, 0.3) is 0 Å². The number of piperidine rings is 1. The van der Waals surface area contributed by atoms with E-state index in [1.54, 1.807) is 35.2 Å². The van der Waals surface area contributed by atoms with E-state index >= 15 is 0 Å². The predicted molar refractivity (Wildman–Crippen MR) is 92.8 cm³/mol. The molecule has 0 saturated carbocycles. The monoisotopic (exact) mass is 344 g/mol. The van der Waals surface area contributed by atoms with Gasteiger partial charge in [-0.15, -0.1) is 0 Å². The summed E-state index contributed by atoms with van der Waals surface area (Å²) in [6, 6.07) is 10.8. The maximum Gasteiger partial charge on any atom is 0.256 e. The molecule has 0 spiro atoms. The number of rotatable bonds is 4. The maximum absolute atomic E-state index is 12.4. The number of carbonyl (C=O) groups is 2. The third kappa shape index (κ3) is 3.83. The van der Waals surface area contributed by atoms with E-state index in [-0.39, 0.29) is 17.9 Å².